The SMILES string of the molecule is Cc1ccc(-c2nc(CN3CCC(N4Cc5ccccc5NC4=O)CC3)c(C)[nH]2)cc1F. The second-order valence-electron chi connectivity index (χ2n) is 8.84. The Balaban J connectivity index is 1.22. The highest BCUT2D eigenvalue weighted by molar-refractivity contribution is 5.92. The summed E-state index contributed by atoms with van der Waals surface area (Å²) in [6, 6.07) is 13.5. The van der Waals surface area contributed by atoms with Gasteiger partial charge in [-0.15, -0.1) is 0 Å². The number of para-hydroxylation sites is 1. The molecule has 0 saturated carbocycles. The maximum atomic E-state index is 14.0. The first kappa shape index (κ1) is 20.7. The topological polar surface area (TPSA) is 64.3 Å². The normalized spacial score (nSPS) is 17.3. The summed E-state index contributed by atoms with van der Waals surface area (Å²) >= 11 is 0. The van der Waals surface area contributed by atoms with E-state index < -0.39 is 0 Å². The zero-order valence-electron chi connectivity index (χ0n) is 18.5. The number of nitrogens with zero attached hydrogens (tertiary/aromatic N) is 3. The van der Waals surface area contributed by atoms with E-state index in [1.807, 2.05) is 36.1 Å². The summed E-state index contributed by atoms with van der Waals surface area (Å²) in [5, 5.41) is 3.02. The van der Waals surface area contributed by atoms with Gasteiger partial charge in [0.15, 0.2) is 0 Å². The number of imidazole rings is 1. The van der Waals surface area contributed by atoms with E-state index in [2.05, 4.69) is 21.3 Å². The quantitative estimate of drug-likeness (QED) is 0.619. The number of likely N-dealkylation sites (tertiary alicyclic amines) is 1. The first-order valence-corrected chi connectivity index (χ1v) is 11.2. The molecule has 0 unspecified atom stereocenters. The van der Waals surface area contributed by atoms with Crippen molar-refractivity contribution in [3.63, 3.8) is 0 Å². The first-order chi connectivity index (χ1) is 15.5. The van der Waals surface area contributed by atoms with Crippen molar-refractivity contribution >= 4 is 11.7 Å². The third-order valence-electron chi connectivity index (χ3n) is 6.66. The van der Waals surface area contributed by atoms with Gasteiger partial charge in [0.1, 0.15) is 11.6 Å². The Bertz CT molecular complexity index is 1150. The Morgan fingerprint density at radius 2 is 1.91 bits per heavy atom. The number of piperidine rings is 1. The summed E-state index contributed by atoms with van der Waals surface area (Å²) in [6.45, 7) is 7.01. The fraction of sp³-hybridized carbons (Fsp3) is 0.360. The lowest BCUT2D eigenvalue weighted by Crippen LogP contribution is -2.50. The van der Waals surface area contributed by atoms with Crippen molar-refractivity contribution in [2.75, 3.05) is 18.4 Å². The van der Waals surface area contributed by atoms with Gasteiger partial charge >= 0.3 is 6.03 Å². The largest absolute Gasteiger partial charge is 0.342 e. The van der Waals surface area contributed by atoms with Gasteiger partial charge in [-0.3, -0.25) is 4.90 Å². The molecule has 2 aromatic carbocycles. The van der Waals surface area contributed by atoms with Crippen molar-refractivity contribution in [2.24, 2.45) is 0 Å². The summed E-state index contributed by atoms with van der Waals surface area (Å²) in [4.78, 5) is 25.0. The predicted octanol–water partition coefficient (Wildman–Crippen LogP) is 4.84. The minimum Gasteiger partial charge on any atom is -0.342 e. The van der Waals surface area contributed by atoms with Crippen molar-refractivity contribution in [1.82, 2.24) is 19.8 Å². The number of carbonyl (C=O) groups excluding carboxylic acids is 1. The molecule has 6 nitrogen and oxygen atoms in total. The Labute approximate surface area is 187 Å². The maximum Gasteiger partial charge on any atom is 0.322 e. The van der Waals surface area contributed by atoms with Crippen LogP contribution >= 0.6 is 0 Å². The lowest BCUT2D eigenvalue weighted by molar-refractivity contribution is 0.117. The number of nitrogens with one attached hydrogen (secondary N) is 2. The molecule has 2 aliphatic rings. The van der Waals surface area contributed by atoms with E-state index in [9.17, 15) is 9.18 Å². The molecule has 0 radical (unpaired) electrons. The highest BCUT2D eigenvalue weighted by Crippen LogP contribution is 2.28. The number of aromatic amines is 1. The third-order valence-corrected chi connectivity index (χ3v) is 6.66. The van der Waals surface area contributed by atoms with Crippen LogP contribution in [0.3, 0.4) is 0 Å². The van der Waals surface area contributed by atoms with Crippen molar-refractivity contribution in [1.29, 1.82) is 0 Å². The number of halogens is 1. The van der Waals surface area contributed by atoms with Crippen LogP contribution in [0.4, 0.5) is 14.9 Å². The Morgan fingerprint density at radius 1 is 1.12 bits per heavy atom. The molecular weight excluding hydrogens is 405 g/mol. The molecule has 1 aromatic heterocycles. The van der Waals surface area contributed by atoms with Gasteiger partial charge in [-0.25, -0.2) is 14.2 Å². The van der Waals surface area contributed by atoms with Crippen LogP contribution in [-0.2, 0) is 13.1 Å². The van der Waals surface area contributed by atoms with Gasteiger partial charge in [-0.05, 0) is 49.9 Å². The monoisotopic (exact) mass is 433 g/mol. The molecule has 2 amide bonds. The fourth-order valence-electron chi connectivity index (χ4n) is 4.65. The summed E-state index contributed by atoms with van der Waals surface area (Å²) in [5.41, 5.74) is 5.48. The third kappa shape index (κ3) is 4.00. The predicted molar refractivity (Wildman–Crippen MR) is 123 cm³/mol. The minimum atomic E-state index is -0.218. The van der Waals surface area contributed by atoms with E-state index in [1.165, 1.54) is 11.6 Å². The van der Waals surface area contributed by atoms with Gasteiger partial charge in [-0.2, -0.15) is 0 Å². The number of aryl methyl sites for hydroxylation is 2. The summed E-state index contributed by atoms with van der Waals surface area (Å²) in [7, 11) is 0. The molecule has 0 aliphatic carbocycles. The van der Waals surface area contributed by atoms with E-state index in [1.54, 1.807) is 13.0 Å². The van der Waals surface area contributed by atoms with Crippen LogP contribution in [0.1, 0.15) is 35.4 Å². The summed E-state index contributed by atoms with van der Waals surface area (Å²) in [6.07, 6.45) is 1.88. The number of aromatic nitrogens is 2. The molecule has 1 saturated heterocycles. The number of rotatable bonds is 4. The molecule has 0 atom stereocenters. The molecule has 3 aromatic rings. The number of anilines is 1. The van der Waals surface area contributed by atoms with Crippen LogP contribution in [0, 0.1) is 19.7 Å². The minimum absolute atomic E-state index is 0.000248. The van der Waals surface area contributed by atoms with Gasteiger partial charge < -0.3 is 15.2 Å². The molecular formula is C25H28FN5O. The Morgan fingerprint density at radius 3 is 2.69 bits per heavy atom. The zero-order valence-corrected chi connectivity index (χ0v) is 18.5. The second kappa shape index (κ2) is 8.39. The number of benzene rings is 2. The van der Waals surface area contributed by atoms with Crippen LogP contribution < -0.4 is 5.32 Å². The van der Waals surface area contributed by atoms with E-state index in [0.29, 0.717) is 17.9 Å². The first-order valence-electron chi connectivity index (χ1n) is 11.2. The van der Waals surface area contributed by atoms with Gasteiger partial charge in [-0.1, -0.05) is 30.3 Å². The molecule has 166 valence electrons. The van der Waals surface area contributed by atoms with E-state index in [-0.39, 0.29) is 17.9 Å². The number of H-pyrrole nitrogens is 1. The number of amides is 2. The number of carbonyl (C=O) groups is 1. The number of urea groups is 1. The van der Waals surface area contributed by atoms with Gasteiger partial charge in [0, 0.05) is 49.2 Å². The molecule has 2 N–H and O–H groups in total. The van der Waals surface area contributed by atoms with Crippen LogP contribution in [0.15, 0.2) is 42.5 Å². The van der Waals surface area contributed by atoms with E-state index in [0.717, 1.165) is 55.1 Å². The summed E-state index contributed by atoms with van der Waals surface area (Å²) in [5.74, 6) is 0.486. The van der Waals surface area contributed by atoms with Crippen molar-refractivity contribution in [3.05, 3.63) is 70.8 Å². The van der Waals surface area contributed by atoms with Gasteiger partial charge in [0.25, 0.3) is 0 Å². The maximum absolute atomic E-state index is 14.0. The second-order valence-corrected chi connectivity index (χ2v) is 8.84. The molecule has 5 rings (SSSR count). The van der Waals surface area contributed by atoms with Gasteiger partial charge in [0.2, 0.25) is 0 Å². The molecule has 0 bridgehead atoms. The standard InChI is InChI=1S/C25H28FN5O/c1-16-7-8-18(13-21(16)26)24-27-17(2)23(28-24)15-30-11-9-20(10-12-30)31-14-19-5-3-4-6-22(19)29-25(31)32/h3-8,13,20H,9-12,14-15H2,1-2H3,(H,27,28)(H,29,32). The molecule has 32 heavy (non-hydrogen) atoms. The number of hydrogen-bond acceptors (Lipinski definition) is 3. The van der Waals surface area contributed by atoms with E-state index >= 15 is 0 Å². The lowest BCUT2D eigenvalue weighted by atomic mass is 10.0. The highest BCUT2D eigenvalue weighted by atomic mass is 19.1. The van der Waals surface area contributed by atoms with Gasteiger partial charge in [0.05, 0.1) is 5.69 Å². The zero-order chi connectivity index (χ0) is 22.2. The number of fused-ring (bicyclic) bond motifs is 1. The van der Waals surface area contributed by atoms with Crippen molar-refractivity contribution in [3.8, 4) is 11.4 Å². The Kier molecular flexibility index (Phi) is 5.43. The molecule has 1 fully saturated rings. The highest BCUT2D eigenvalue weighted by Gasteiger charge is 2.31. The molecule has 0 spiro atoms. The molecule has 7 heteroatoms. The van der Waals surface area contributed by atoms with Crippen molar-refractivity contribution in [2.45, 2.75) is 45.8 Å². The van der Waals surface area contributed by atoms with Crippen LogP contribution in [-0.4, -0.2) is 44.9 Å². The Hall–Kier alpha value is -3.19. The molecule has 3 heterocycles. The van der Waals surface area contributed by atoms with E-state index in [4.69, 9.17) is 4.98 Å². The average Bonchev–Trinajstić information content (AvgIpc) is 3.16. The lowest BCUT2D eigenvalue weighted by Gasteiger charge is -2.40. The van der Waals surface area contributed by atoms with Crippen LogP contribution in [0.5, 0.6) is 0 Å². The average molecular weight is 434 g/mol. The number of hydrogen-bond donors (Lipinski definition) is 2. The fourth-order valence-corrected chi connectivity index (χ4v) is 4.65. The van der Waals surface area contributed by atoms with Crippen LogP contribution in [0.25, 0.3) is 11.4 Å². The molecule has 2 aliphatic heterocycles. The smallest absolute Gasteiger partial charge is 0.322 e. The summed E-state index contributed by atoms with van der Waals surface area (Å²) < 4.78 is 14.0. The van der Waals surface area contributed by atoms with Crippen LogP contribution in [0.2, 0.25) is 0 Å². The van der Waals surface area contributed by atoms with Crippen molar-refractivity contribution < 1.29 is 9.18 Å².